The molecule has 0 spiro atoms. The minimum atomic E-state index is 0.388. The summed E-state index contributed by atoms with van der Waals surface area (Å²) >= 11 is 0. The van der Waals surface area contributed by atoms with E-state index in [9.17, 15) is 0 Å². The standard InChI is InChI=1S/C17H19OSi/c1-13-7-3-5-9-15(13)17(11-12-18-19)16-10-6-4-8-14(16)2/h3-10,17H,11-12H2,1-2H3. The van der Waals surface area contributed by atoms with Gasteiger partial charge in [-0.1, -0.05) is 48.5 Å². The van der Waals surface area contributed by atoms with Crippen LogP contribution in [-0.2, 0) is 4.43 Å². The van der Waals surface area contributed by atoms with E-state index in [-0.39, 0.29) is 0 Å². The third kappa shape index (κ3) is 3.34. The van der Waals surface area contributed by atoms with Crippen molar-refractivity contribution in [2.24, 2.45) is 0 Å². The maximum absolute atomic E-state index is 5.10. The zero-order valence-corrected chi connectivity index (χ0v) is 12.5. The van der Waals surface area contributed by atoms with Gasteiger partial charge in [0.1, 0.15) is 0 Å². The first-order valence-electron chi connectivity index (χ1n) is 6.63. The molecule has 0 N–H and O–H groups in total. The third-order valence-corrected chi connectivity index (χ3v) is 3.84. The van der Waals surface area contributed by atoms with Crippen LogP contribution in [0.15, 0.2) is 48.5 Å². The lowest BCUT2D eigenvalue weighted by atomic mass is 9.84. The molecule has 19 heavy (non-hydrogen) atoms. The summed E-state index contributed by atoms with van der Waals surface area (Å²) in [5, 5.41) is 0. The van der Waals surface area contributed by atoms with Crippen molar-refractivity contribution in [3.05, 3.63) is 70.8 Å². The lowest BCUT2D eigenvalue weighted by molar-refractivity contribution is 0.332. The molecule has 0 aliphatic heterocycles. The van der Waals surface area contributed by atoms with Gasteiger partial charge in [0.25, 0.3) is 0 Å². The van der Waals surface area contributed by atoms with Gasteiger partial charge in [-0.15, -0.1) is 0 Å². The highest BCUT2D eigenvalue weighted by molar-refractivity contribution is 5.97. The van der Waals surface area contributed by atoms with Crippen molar-refractivity contribution in [2.45, 2.75) is 26.2 Å². The van der Waals surface area contributed by atoms with Crippen LogP contribution < -0.4 is 0 Å². The van der Waals surface area contributed by atoms with Gasteiger partial charge in [0.05, 0.1) is 0 Å². The second-order valence-electron chi connectivity index (χ2n) is 4.90. The molecule has 0 amide bonds. The van der Waals surface area contributed by atoms with Crippen molar-refractivity contribution in [1.82, 2.24) is 0 Å². The summed E-state index contributed by atoms with van der Waals surface area (Å²) in [6, 6.07) is 17.2. The SMILES string of the molecule is Cc1ccccc1C(CCO[Si])c1ccccc1C. The summed E-state index contributed by atoms with van der Waals surface area (Å²) in [5.41, 5.74) is 5.45. The normalized spacial score (nSPS) is 10.9. The van der Waals surface area contributed by atoms with Gasteiger partial charge < -0.3 is 4.43 Å². The molecule has 0 bridgehead atoms. The van der Waals surface area contributed by atoms with Crippen molar-refractivity contribution >= 4 is 10.5 Å². The van der Waals surface area contributed by atoms with E-state index < -0.39 is 0 Å². The maximum Gasteiger partial charge on any atom is 0.246 e. The molecule has 0 unspecified atom stereocenters. The lowest BCUT2D eigenvalue weighted by Gasteiger charge is -2.21. The Balaban J connectivity index is 2.42. The minimum Gasteiger partial charge on any atom is -0.419 e. The van der Waals surface area contributed by atoms with E-state index in [1.54, 1.807) is 0 Å². The maximum atomic E-state index is 5.10. The molecule has 0 atom stereocenters. The highest BCUT2D eigenvalue weighted by Crippen LogP contribution is 2.32. The van der Waals surface area contributed by atoms with Crippen molar-refractivity contribution < 1.29 is 4.43 Å². The van der Waals surface area contributed by atoms with E-state index in [2.05, 4.69) is 72.9 Å². The molecule has 0 saturated carbocycles. The Morgan fingerprint density at radius 3 is 1.79 bits per heavy atom. The molecule has 1 nitrogen and oxygen atoms in total. The molecule has 3 radical (unpaired) electrons. The van der Waals surface area contributed by atoms with Crippen LogP contribution in [0.5, 0.6) is 0 Å². The first-order valence-corrected chi connectivity index (χ1v) is 7.04. The van der Waals surface area contributed by atoms with Crippen LogP contribution in [0.1, 0.15) is 34.6 Å². The molecule has 2 heteroatoms. The van der Waals surface area contributed by atoms with Crippen molar-refractivity contribution in [3.63, 3.8) is 0 Å². The van der Waals surface area contributed by atoms with Crippen molar-refractivity contribution in [1.29, 1.82) is 0 Å². The summed E-state index contributed by atoms with van der Waals surface area (Å²) in [5.74, 6) is 0.388. The van der Waals surface area contributed by atoms with Gasteiger partial charge >= 0.3 is 0 Å². The Morgan fingerprint density at radius 2 is 1.37 bits per heavy atom. The molecule has 0 heterocycles. The molecule has 2 aromatic carbocycles. The van der Waals surface area contributed by atoms with Gasteiger partial charge in [-0.05, 0) is 42.5 Å². The van der Waals surface area contributed by atoms with Gasteiger partial charge in [0, 0.05) is 12.5 Å². The third-order valence-electron chi connectivity index (χ3n) is 3.64. The molecular weight excluding hydrogens is 248 g/mol. The van der Waals surface area contributed by atoms with Gasteiger partial charge in [0.2, 0.25) is 10.5 Å². The van der Waals surface area contributed by atoms with E-state index >= 15 is 0 Å². The number of benzene rings is 2. The zero-order valence-electron chi connectivity index (χ0n) is 11.5. The topological polar surface area (TPSA) is 9.23 Å². The van der Waals surface area contributed by atoms with E-state index in [4.69, 9.17) is 4.43 Å². The molecule has 0 aliphatic rings. The first-order chi connectivity index (χ1) is 9.24. The average Bonchev–Trinajstić information content (AvgIpc) is 2.42. The Hall–Kier alpha value is -1.38. The van der Waals surface area contributed by atoms with Crippen LogP contribution in [0, 0.1) is 13.8 Å². The lowest BCUT2D eigenvalue weighted by Crippen LogP contribution is -2.08. The van der Waals surface area contributed by atoms with E-state index in [0.29, 0.717) is 12.5 Å². The zero-order chi connectivity index (χ0) is 13.7. The van der Waals surface area contributed by atoms with Gasteiger partial charge in [-0.3, -0.25) is 0 Å². The first kappa shape index (κ1) is 14.0. The highest BCUT2D eigenvalue weighted by Gasteiger charge is 2.17. The van der Waals surface area contributed by atoms with Gasteiger partial charge in [0.15, 0.2) is 0 Å². The Bertz CT molecular complexity index is 491. The second kappa shape index (κ2) is 6.69. The number of aryl methyl sites for hydroxylation is 2. The average molecular weight is 267 g/mol. The Labute approximate surface area is 119 Å². The molecule has 0 aromatic heterocycles. The molecule has 0 saturated heterocycles. The van der Waals surface area contributed by atoms with Gasteiger partial charge in [-0.25, -0.2) is 0 Å². The molecule has 97 valence electrons. The summed E-state index contributed by atoms with van der Waals surface area (Å²) in [6.45, 7) is 5.05. The quantitative estimate of drug-likeness (QED) is 0.746. The number of hydrogen-bond acceptors (Lipinski definition) is 1. The van der Waals surface area contributed by atoms with Crippen molar-refractivity contribution in [2.75, 3.05) is 6.61 Å². The fourth-order valence-electron chi connectivity index (χ4n) is 2.61. The largest absolute Gasteiger partial charge is 0.419 e. The molecule has 0 fully saturated rings. The smallest absolute Gasteiger partial charge is 0.246 e. The Morgan fingerprint density at radius 1 is 0.895 bits per heavy atom. The Kier molecular flexibility index (Phi) is 4.94. The van der Waals surface area contributed by atoms with Crippen LogP contribution in [-0.4, -0.2) is 17.1 Å². The summed E-state index contributed by atoms with van der Waals surface area (Å²) in [4.78, 5) is 0. The summed E-state index contributed by atoms with van der Waals surface area (Å²) in [7, 11) is 3.11. The van der Waals surface area contributed by atoms with E-state index in [1.807, 2.05) is 0 Å². The predicted octanol–water partition coefficient (Wildman–Crippen LogP) is 3.93. The van der Waals surface area contributed by atoms with Crippen LogP contribution in [0.2, 0.25) is 0 Å². The fourth-order valence-corrected chi connectivity index (χ4v) is 2.73. The van der Waals surface area contributed by atoms with Crippen LogP contribution in [0.25, 0.3) is 0 Å². The van der Waals surface area contributed by atoms with E-state index in [0.717, 1.165) is 6.42 Å². The fraction of sp³-hybridized carbons (Fsp3) is 0.294. The monoisotopic (exact) mass is 267 g/mol. The second-order valence-corrected chi connectivity index (χ2v) is 5.19. The number of hydrogen-bond donors (Lipinski definition) is 0. The van der Waals surface area contributed by atoms with Crippen LogP contribution >= 0.6 is 0 Å². The minimum absolute atomic E-state index is 0.388. The van der Waals surface area contributed by atoms with Crippen LogP contribution in [0.4, 0.5) is 0 Å². The van der Waals surface area contributed by atoms with Gasteiger partial charge in [-0.2, -0.15) is 0 Å². The van der Waals surface area contributed by atoms with E-state index in [1.165, 1.54) is 22.3 Å². The molecular formula is C17H19OSi. The summed E-state index contributed by atoms with van der Waals surface area (Å²) in [6.07, 6.45) is 0.971. The highest BCUT2D eigenvalue weighted by atomic mass is 28.2. The van der Waals surface area contributed by atoms with Crippen molar-refractivity contribution in [3.8, 4) is 0 Å². The number of rotatable bonds is 5. The molecule has 2 aromatic rings. The predicted molar refractivity (Wildman–Crippen MR) is 80.5 cm³/mol. The summed E-state index contributed by atoms with van der Waals surface area (Å²) < 4.78 is 5.10. The van der Waals surface area contributed by atoms with Crippen LogP contribution in [0.3, 0.4) is 0 Å². The molecule has 0 aliphatic carbocycles. The molecule has 2 rings (SSSR count).